The quantitative estimate of drug-likeness (QED) is 0.873. The van der Waals surface area contributed by atoms with Crippen LogP contribution >= 0.6 is 0 Å². The number of ketones is 1. The zero-order valence-electron chi connectivity index (χ0n) is 12.3. The minimum absolute atomic E-state index is 0.118. The van der Waals surface area contributed by atoms with Crippen LogP contribution in [-0.4, -0.2) is 29.7 Å². The number of benzene rings is 1. The van der Waals surface area contributed by atoms with Crippen molar-refractivity contribution in [3.63, 3.8) is 0 Å². The summed E-state index contributed by atoms with van der Waals surface area (Å²) in [6, 6.07) is 12.4. The Balaban J connectivity index is 1.68. The van der Waals surface area contributed by atoms with Gasteiger partial charge >= 0.3 is 0 Å². The van der Waals surface area contributed by atoms with Gasteiger partial charge in [-0.1, -0.05) is 25.1 Å². The minimum Gasteiger partial charge on any atom is -0.426 e. The van der Waals surface area contributed by atoms with Crippen LogP contribution < -0.4 is 4.74 Å². The van der Waals surface area contributed by atoms with E-state index in [0.717, 1.165) is 0 Å². The molecule has 5 heteroatoms. The minimum atomic E-state index is -0.206. The Bertz CT molecular complexity index is 677. The molecule has 0 aliphatic carbocycles. The van der Waals surface area contributed by atoms with Crippen molar-refractivity contribution in [1.29, 1.82) is 0 Å². The number of amides is 1. The third-order valence-corrected chi connectivity index (χ3v) is 3.71. The molecule has 22 heavy (non-hydrogen) atoms. The molecule has 3 rings (SSSR count). The van der Waals surface area contributed by atoms with Gasteiger partial charge in [-0.05, 0) is 18.2 Å². The third-order valence-electron chi connectivity index (χ3n) is 3.71. The molecule has 1 aromatic carbocycles. The van der Waals surface area contributed by atoms with Crippen LogP contribution in [0.5, 0.6) is 11.7 Å². The Morgan fingerprint density at radius 2 is 2.00 bits per heavy atom. The van der Waals surface area contributed by atoms with Crippen LogP contribution in [0.2, 0.25) is 0 Å². The van der Waals surface area contributed by atoms with E-state index in [4.69, 9.17) is 9.15 Å². The molecule has 0 bridgehead atoms. The summed E-state index contributed by atoms with van der Waals surface area (Å²) >= 11 is 0. The van der Waals surface area contributed by atoms with Gasteiger partial charge in [0.1, 0.15) is 11.5 Å². The number of likely N-dealkylation sites (tertiary alicyclic amines) is 1. The standard InChI is InChI=1S/C17H17NO4/c1-12-11-18(10-9-14(12)19)17(20)15-7-8-16(22-15)21-13-5-3-2-4-6-13/h2-8,12H,9-11H2,1H3/t12-/m0/s1. The van der Waals surface area contributed by atoms with E-state index in [1.54, 1.807) is 17.0 Å². The van der Waals surface area contributed by atoms with Crippen molar-refractivity contribution >= 4 is 11.7 Å². The Morgan fingerprint density at radius 3 is 2.73 bits per heavy atom. The topological polar surface area (TPSA) is 59.8 Å². The summed E-state index contributed by atoms with van der Waals surface area (Å²) in [4.78, 5) is 25.6. The number of carbonyl (C=O) groups is 2. The highest BCUT2D eigenvalue weighted by Gasteiger charge is 2.28. The lowest BCUT2D eigenvalue weighted by Crippen LogP contribution is -2.43. The second kappa shape index (κ2) is 6.05. The van der Waals surface area contributed by atoms with Gasteiger partial charge in [-0.3, -0.25) is 9.59 Å². The lowest BCUT2D eigenvalue weighted by Gasteiger charge is -2.29. The molecule has 1 fully saturated rings. The van der Waals surface area contributed by atoms with E-state index in [0.29, 0.717) is 25.3 Å². The Labute approximate surface area is 128 Å². The molecule has 2 aromatic rings. The number of rotatable bonds is 3. The lowest BCUT2D eigenvalue weighted by molar-refractivity contribution is -0.124. The number of piperidine rings is 1. The largest absolute Gasteiger partial charge is 0.426 e. The van der Waals surface area contributed by atoms with Crippen molar-refractivity contribution in [2.24, 2.45) is 5.92 Å². The summed E-state index contributed by atoms with van der Waals surface area (Å²) in [6.45, 7) is 2.72. The van der Waals surface area contributed by atoms with E-state index in [1.165, 1.54) is 0 Å². The number of hydrogen-bond donors (Lipinski definition) is 0. The molecular weight excluding hydrogens is 282 g/mol. The van der Waals surface area contributed by atoms with Crippen LogP contribution in [0, 0.1) is 5.92 Å². The molecule has 0 spiro atoms. The van der Waals surface area contributed by atoms with Gasteiger partial charge in [0.05, 0.1) is 0 Å². The van der Waals surface area contributed by atoms with Gasteiger partial charge in [0.25, 0.3) is 11.9 Å². The van der Waals surface area contributed by atoms with Gasteiger partial charge in [-0.25, -0.2) is 0 Å². The van der Waals surface area contributed by atoms with Gasteiger partial charge in [0.2, 0.25) is 0 Å². The van der Waals surface area contributed by atoms with E-state index < -0.39 is 0 Å². The molecule has 1 aliphatic heterocycles. The molecule has 0 N–H and O–H groups in total. The Hall–Kier alpha value is -2.56. The Kier molecular flexibility index (Phi) is 3.96. The predicted octanol–water partition coefficient (Wildman–Crippen LogP) is 3.12. The molecule has 1 amide bonds. The molecule has 1 atom stereocenters. The molecule has 2 heterocycles. The second-order valence-corrected chi connectivity index (χ2v) is 5.40. The number of furan rings is 1. The summed E-state index contributed by atoms with van der Waals surface area (Å²) < 4.78 is 11.0. The number of Topliss-reactive ketones (excluding diaryl/α,β-unsaturated/α-hetero) is 1. The first kappa shape index (κ1) is 14.4. The van der Waals surface area contributed by atoms with Gasteiger partial charge in [-0.2, -0.15) is 0 Å². The SMILES string of the molecule is C[C@H]1CN(C(=O)c2ccc(Oc3ccccc3)o2)CCC1=O. The highest BCUT2D eigenvalue weighted by molar-refractivity contribution is 5.93. The predicted molar refractivity (Wildman–Crippen MR) is 79.9 cm³/mol. The maximum absolute atomic E-state index is 12.4. The third kappa shape index (κ3) is 3.03. The molecule has 1 aliphatic rings. The summed E-state index contributed by atoms with van der Waals surface area (Å²) in [6.07, 6.45) is 0.404. The summed E-state index contributed by atoms with van der Waals surface area (Å²) in [5.41, 5.74) is 0. The Morgan fingerprint density at radius 1 is 1.23 bits per heavy atom. The molecule has 0 radical (unpaired) electrons. The monoisotopic (exact) mass is 299 g/mol. The fourth-order valence-corrected chi connectivity index (χ4v) is 2.45. The normalized spacial score (nSPS) is 18.3. The van der Waals surface area contributed by atoms with Crippen molar-refractivity contribution < 1.29 is 18.7 Å². The van der Waals surface area contributed by atoms with Crippen LogP contribution in [0.15, 0.2) is 46.9 Å². The molecular formula is C17H17NO4. The molecule has 1 saturated heterocycles. The van der Waals surface area contributed by atoms with Crippen LogP contribution in [0.4, 0.5) is 0 Å². The summed E-state index contributed by atoms with van der Waals surface area (Å²) in [7, 11) is 0. The molecule has 0 saturated carbocycles. The first-order valence-electron chi connectivity index (χ1n) is 7.28. The average Bonchev–Trinajstić information content (AvgIpc) is 2.99. The van der Waals surface area contributed by atoms with Gasteiger partial charge in [0, 0.05) is 31.5 Å². The summed E-state index contributed by atoms with van der Waals surface area (Å²) in [5.74, 6) is 1.03. The number of nitrogens with zero attached hydrogens (tertiary/aromatic N) is 1. The van der Waals surface area contributed by atoms with Crippen molar-refractivity contribution in [3.05, 3.63) is 48.2 Å². The van der Waals surface area contributed by atoms with Crippen LogP contribution in [0.25, 0.3) is 0 Å². The van der Waals surface area contributed by atoms with Crippen molar-refractivity contribution in [2.75, 3.05) is 13.1 Å². The lowest BCUT2D eigenvalue weighted by atomic mass is 9.98. The van der Waals surface area contributed by atoms with Gasteiger partial charge < -0.3 is 14.1 Å². The molecule has 114 valence electrons. The first-order chi connectivity index (χ1) is 10.6. The zero-order valence-corrected chi connectivity index (χ0v) is 12.3. The van der Waals surface area contributed by atoms with Gasteiger partial charge in [-0.15, -0.1) is 0 Å². The van der Waals surface area contributed by atoms with Crippen LogP contribution in [0.1, 0.15) is 23.9 Å². The number of hydrogen-bond acceptors (Lipinski definition) is 4. The van der Waals surface area contributed by atoms with E-state index >= 15 is 0 Å². The first-order valence-corrected chi connectivity index (χ1v) is 7.28. The second-order valence-electron chi connectivity index (χ2n) is 5.40. The molecule has 1 aromatic heterocycles. The van der Waals surface area contributed by atoms with Crippen molar-refractivity contribution in [3.8, 4) is 11.7 Å². The number of ether oxygens (including phenoxy) is 1. The zero-order chi connectivity index (χ0) is 15.5. The smallest absolute Gasteiger partial charge is 0.290 e. The van der Waals surface area contributed by atoms with E-state index in [-0.39, 0.29) is 29.3 Å². The average molecular weight is 299 g/mol. The highest BCUT2D eigenvalue weighted by atomic mass is 16.6. The van der Waals surface area contributed by atoms with E-state index in [1.807, 2.05) is 37.3 Å². The summed E-state index contributed by atoms with van der Waals surface area (Å²) in [5, 5.41) is 0. The maximum atomic E-state index is 12.4. The number of para-hydroxylation sites is 1. The highest BCUT2D eigenvalue weighted by Crippen LogP contribution is 2.25. The molecule has 0 unspecified atom stereocenters. The fraction of sp³-hybridized carbons (Fsp3) is 0.294. The van der Waals surface area contributed by atoms with E-state index in [2.05, 4.69) is 0 Å². The van der Waals surface area contributed by atoms with Crippen molar-refractivity contribution in [2.45, 2.75) is 13.3 Å². The van der Waals surface area contributed by atoms with Gasteiger partial charge in [0.15, 0.2) is 5.76 Å². The number of carbonyl (C=O) groups excluding carboxylic acids is 2. The van der Waals surface area contributed by atoms with Crippen LogP contribution in [-0.2, 0) is 4.79 Å². The van der Waals surface area contributed by atoms with Crippen LogP contribution in [0.3, 0.4) is 0 Å². The van der Waals surface area contributed by atoms with E-state index in [9.17, 15) is 9.59 Å². The maximum Gasteiger partial charge on any atom is 0.290 e. The molecule has 5 nitrogen and oxygen atoms in total. The fourth-order valence-electron chi connectivity index (χ4n) is 2.45. The van der Waals surface area contributed by atoms with Crippen molar-refractivity contribution in [1.82, 2.24) is 4.90 Å².